The van der Waals surface area contributed by atoms with E-state index >= 15 is 0 Å². The Morgan fingerprint density at radius 1 is 0.862 bits per heavy atom. The van der Waals surface area contributed by atoms with Crippen molar-refractivity contribution in [3.05, 3.63) is 95.6 Å². The molecule has 0 saturated carbocycles. The highest BCUT2D eigenvalue weighted by molar-refractivity contribution is 5.98. The summed E-state index contributed by atoms with van der Waals surface area (Å²) >= 11 is 0. The second kappa shape index (κ2) is 9.94. The van der Waals surface area contributed by atoms with E-state index in [2.05, 4.69) is 5.16 Å². The molecule has 6 nitrogen and oxygen atoms in total. The summed E-state index contributed by atoms with van der Waals surface area (Å²) in [7, 11) is 0. The lowest BCUT2D eigenvalue weighted by Gasteiger charge is -2.08. The normalized spacial score (nSPS) is 11.0. The van der Waals surface area contributed by atoms with Gasteiger partial charge in [0.25, 0.3) is 0 Å². The third-order valence-electron chi connectivity index (χ3n) is 4.00. The van der Waals surface area contributed by atoms with Crippen molar-refractivity contribution in [3.8, 4) is 11.5 Å². The maximum Gasteiger partial charge on any atom is 0.365 e. The second-order valence-corrected chi connectivity index (χ2v) is 6.11. The minimum absolute atomic E-state index is 0.133. The number of rotatable bonds is 8. The molecule has 0 aromatic heterocycles. The van der Waals surface area contributed by atoms with E-state index in [1.54, 1.807) is 30.3 Å². The summed E-state index contributed by atoms with van der Waals surface area (Å²) in [5.74, 6) is 1.04. The Kier molecular flexibility index (Phi) is 6.84. The Morgan fingerprint density at radius 3 is 2.21 bits per heavy atom. The Hall–Kier alpha value is -3.80. The standard InChI is InChI=1S/C23H22N2O4/c1-2-27-20-11-13-21(14-12-20)28-16-17-7-6-10-19(15-17)23(26)29-25-22(24)18-8-4-3-5-9-18/h3-15H,2,16H2,1H3,(H2,24,25). The molecular weight excluding hydrogens is 368 g/mol. The van der Waals surface area contributed by atoms with Gasteiger partial charge in [0, 0.05) is 5.56 Å². The van der Waals surface area contributed by atoms with Crippen molar-refractivity contribution >= 4 is 11.8 Å². The fourth-order valence-electron chi connectivity index (χ4n) is 2.56. The van der Waals surface area contributed by atoms with Crippen LogP contribution in [-0.4, -0.2) is 18.4 Å². The summed E-state index contributed by atoms with van der Waals surface area (Å²) in [5.41, 5.74) is 7.71. The van der Waals surface area contributed by atoms with Gasteiger partial charge < -0.3 is 20.0 Å². The first-order chi connectivity index (χ1) is 14.2. The van der Waals surface area contributed by atoms with Gasteiger partial charge in [0.05, 0.1) is 12.2 Å². The number of amidine groups is 1. The number of nitrogens with zero attached hydrogens (tertiary/aromatic N) is 1. The van der Waals surface area contributed by atoms with Crippen LogP contribution in [0.25, 0.3) is 0 Å². The monoisotopic (exact) mass is 390 g/mol. The van der Waals surface area contributed by atoms with Gasteiger partial charge in [-0.15, -0.1) is 0 Å². The molecule has 0 aliphatic rings. The zero-order valence-electron chi connectivity index (χ0n) is 16.1. The molecule has 0 spiro atoms. The van der Waals surface area contributed by atoms with Crippen LogP contribution in [0.1, 0.15) is 28.4 Å². The maximum absolute atomic E-state index is 12.3. The number of hydrogen-bond donors (Lipinski definition) is 1. The molecule has 2 N–H and O–H groups in total. The second-order valence-electron chi connectivity index (χ2n) is 6.11. The summed E-state index contributed by atoms with van der Waals surface area (Å²) in [6, 6.07) is 23.4. The zero-order valence-corrected chi connectivity index (χ0v) is 16.1. The van der Waals surface area contributed by atoms with Gasteiger partial charge in [-0.2, -0.15) is 0 Å². The van der Waals surface area contributed by atoms with Gasteiger partial charge in [-0.25, -0.2) is 4.79 Å². The lowest BCUT2D eigenvalue weighted by Crippen LogP contribution is -2.15. The lowest BCUT2D eigenvalue weighted by molar-refractivity contribution is 0.0516. The Bertz CT molecular complexity index is 970. The van der Waals surface area contributed by atoms with Gasteiger partial charge >= 0.3 is 5.97 Å². The summed E-state index contributed by atoms with van der Waals surface area (Å²) in [6.45, 7) is 2.86. The smallest absolute Gasteiger partial charge is 0.365 e. The van der Waals surface area contributed by atoms with E-state index in [9.17, 15) is 4.79 Å². The molecule has 0 heterocycles. The van der Waals surface area contributed by atoms with Gasteiger partial charge in [-0.3, -0.25) is 0 Å². The minimum Gasteiger partial charge on any atom is -0.494 e. The first-order valence-corrected chi connectivity index (χ1v) is 9.20. The SMILES string of the molecule is CCOc1ccc(OCc2cccc(C(=O)O/N=C(\N)c3ccccc3)c2)cc1. The molecule has 0 bridgehead atoms. The number of carbonyl (C=O) groups excluding carboxylic acids is 1. The van der Waals surface area contributed by atoms with E-state index in [0.29, 0.717) is 30.1 Å². The highest BCUT2D eigenvalue weighted by Gasteiger charge is 2.09. The molecule has 0 aliphatic heterocycles. The van der Waals surface area contributed by atoms with Gasteiger partial charge in [0.15, 0.2) is 5.84 Å². The fraction of sp³-hybridized carbons (Fsp3) is 0.130. The first kappa shape index (κ1) is 19.9. The van der Waals surface area contributed by atoms with E-state index < -0.39 is 5.97 Å². The van der Waals surface area contributed by atoms with Crippen molar-refractivity contribution in [1.29, 1.82) is 0 Å². The number of hydrogen-bond acceptors (Lipinski definition) is 5. The van der Waals surface area contributed by atoms with Crippen LogP contribution in [0.15, 0.2) is 84.0 Å². The summed E-state index contributed by atoms with van der Waals surface area (Å²) in [4.78, 5) is 17.2. The van der Waals surface area contributed by atoms with Crippen molar-refractivity contribution in [1.82, 2.24) is 0 Å². The predicted molar refractivity (Wildman–Crippen MR) is 111 cm³/mol. The molecule has 0 saturated heterocycles. The van der Waals surface area contributed by atoms with Crippen molar-refractivity contribution < 1.29 is 19.1 Å². The molecule has 6 heteroatoms. The van der Waals surface area contributed by atoms with Gasteiger partial charge in [0.2, 0.25) is 0 Å². The van der Waals surface area contributed by atoms with Crippen LogP contribution >= 0.6 is 0 Å². The molecule has 0 fully saturated rings. The van der Waals surface area contributed by atoms with Crippen LogP contribution in [0.3, 0.4) is 0 Å². The van der Waals surface area contributed by atoms with E-state index in [0.717, 1.165) is 11.3 Å². The number of oxime groups is 1. The lowest BCUT2D eigenvalue weighted by atomic mass is 10.1. The van der Waals surface area contributed by atoms with E-state index in [1.165, 1.54) is 0 Å². The van der Waals surface area contributed by atoms with Gasteiger partial charge in [-0.05, 0) is 48.9 Å². The molecule has 29 heavy (non-hydrogen) atoms. The van der Waals surface area contributed by atoms with Crippen molar-refractivity contribution in [2.45, 2.75) is 13.5 Å². The summed E-state index contributed by atoms with van der Waals surface area (Å²) in [6.07, 6.45) is 0. The maximum atomic E-state index is 12.3. The highest BCUT2D eigenvalue weighted by Crippen LogP contribution is 2.19. The largest absolute Gasteiger partial charge is 0.494 e. The van der Waals surface area contributed by atoms with Crippen LogP contribution in [0.4, 0.5) is 0 Å². The molecule has 0 atom stereocenters. The topological polar surface area (TPSA) is 83.1 Å². The van der Waals surface area contributed by atoms with Gasteiger partial charge in [-0.1, -0.05) is 47.6 Å². The first-order valence-electron chi connectivity index (χ1n) is 9.20. The number of benzene rings is 3. The minimum atomic E-state index is -0.591. The summed E-state index contributed by atoms with van der Waals surface area (Å²) in [5, 5.41) is 3.72. The van der Waals surface area contributed by atoms with Crippen LogP contribution in [0, 0.1) is 0 Å². The molecule has 0 amide bonds. The predicted octanol–water partition coefficient (Wildman–Crippen LogP) is 4.14. The average Bonchev–Trinajstić information content (AvgIpc) is 2.78. The van der Waals surface area contributed by atoms with E-state index in [4.69, 9.17) is 20.0 Å². The molecule has 0 radical (unpaired) electrons. The molecule has 3 rings (SSSR count). The van der Waals surface area contributed by atoms with Crippen LogP contribution < -0.4 is 15.2 Å². The number of ether oxygens (including phenoxy) is 2. The van der Waals surface area contributed by atoms with Crippen molar-refractivity contribution in [3.63, 3.8) is 0 Å². The van der Waals surface area contributed by atoms with Crippen LogP contribution in [0.5, 0.6) is 11.5 Å². The van der Waals surface area contributed by atoms with Crippen molar-refractivity contribution in [2.75, 3.05) is 6.61 Å². The number of carbonyl (C=O) groups is 1. The third kappa shape index (κ3) is 5.84. The molecular formula is C23H22N2O4. The van der Waals surface area contributed by atoms with E-state index in [1.807, 2.05) is 55.5 Å². The molecule has 0 unspecified atom stereocenters. The van der Waals surface area contributed by atoms with Crippen LogP contribution in [-0.2, 0) is 11.4 Å². The Balaban J connectivity index is 1.59. The zero-order chi connectivity index (χ0) is 20.5. The Morgan fingerprint density at radius 2 is 1.52 bits per heavy atom. The quantitative estimate of drug-likeness (QED) is 0.270. The van der Waals surface area contributed by atoms with Crippen LogP contribution in [0.2, 0.25) is 0 Å². The molecule has 3 aromatic carbocycles. The highest BCUT2D eigenvalue weighted by atomic mass is 16.7. The average molecular weight is 390 g/mol. The molecule has 0 aliphatic carbocycles. The summed E-state index contributed by atoms with van der Waals surface area (Å²) < 4.78 is 11.2. The van der Waals surface area contributed by atoms with E-state index in [-0.39, 0.29) is 5.84 Å². The molecule has 3 aromatic rings. The third-order valence-corrected chi connectivity index (χ3v) is 4.00. The molecule has 148 valence electrons. The Labute approximate surface area is 169 Å². The van der Waals surface area contributed by atoms with Crippen molar-refractivity contribution in [2.24, 2.45) is 10.9 Å². The fourth-order valence-corrected chi connectivity index (χ4v) is 2.56. The van der Waals surface area contributed by atoms with Gasteiger partial charge in [0.1, 0.15) is 18.1 Å². The number of nitrogens with two attached hydrogens (primary N) is 1.